The van der Waals surface area contributed by atoms with E-state index in [4.69, 9.17) is 5.11 Å². The molecule has 1 saturated heterocycles. The fourth-order valence-corrected chi connectivity index (χ4v) is 2.02. The molecule has 0 bridgehead atoms. The normalized spacial score (nSPS) is 25.7. The standard InChI is InChI=1S/C9H13N3O3/c13-4-5-1-2-7(11-5)6-3-10-9(15)12-8(6)14/h3,5,7,11,13H,1-2,4H2,(H2,10,12,14,15)/p+1/t5-,7+/m0/s1. The molecule has 2 heterocycles. The first kappa shape index (κ1) is 10.1. The molecule has 1 aliphatic rings. The minimum Gasteiger partial charge on any atom is -0.390 e. The van der Waals surface area contributed by atoms with Gasteiger partial charge in [-0.1, -0.05) is 0 Å². The van der Waals surface area contributed by atoms with Gasteiger partial charge in [0.1, 0.15) is 12.1 Å². The molecule has 1 aliphatic heterocycles. The Bertz CT molecular complexity index is 450. The Labute approximate surface area is 85.4 Å². The molecule has 1 aromatic rings. The molecule has 6 heteroatoms. The van der Waals surface area contributed by atoms with E-state index in [0.29, 0.717) is 5.56 Å². The van der Waals surface area contributed by atoms with Gasteiger partial charge in [0.05, 0.1) is 12.2 Å². The van der Waals surface area contributed by atoms with Crippen molar-refractivity contribution in [1.82, 2.24) is 9.97 Å². The van der Waals surface area contributed by atoms with Gasteiger partial charge in [0.25, 0.3) is 5.56 Å². The summed E-state index contributed by atoms with van der Waals surface area (Å²) < 4.78 is 0. The second-order valence-electron chi connectivity index (χ2n) is 3.85. The first-order valence-corrected chi connectivity index (χ1v) is 4.98. The Morgan fingerprint density at radius 3 is 2.87 bits per heavy atom. The number of hydrogen-bond donors (Lipinski definition) is 4. The molecule has 5 N–H and O–H groups in total. The number of quaternary nitrogens is 1. The molecule has 0 saturated carbocycles. The zero-order valence-electron chi connectivity index (χ0n) is 8.19. The highest BCUT2D eigenvalue weighted by Gasteiger charge is 2.30. The molecule has 0 radical (unpaired) electrons. The summed E-state index contributed by atoms with van der Waals surface area (Å²) in [6.07, 6.45) is 3.20. The average Bonchev–Trinajstić information content (AvgIpc) is 2.66. The van der Waals surface area contributed by atoms with Crippen LogP contribution in [0.15, 0.2) is 15.8 Å². The fourth-order valence-electron chi connectivity index (χ4n) is 2.02. The highest BCUT2D eigenvalue weighted by atomic mass is 16.3. The van der Waals surface area contributed by atoms with Crippen LogP contribution in [0.5, 0.6) is 0 Å². The first-order chi connectivity index (χ1) is 7.20. The molecule has 0 aliphatic carbocycles. The Balaban J connectivity index is 2.24. The smallest absolute Gasteiger partial charge is 0.325 e. The molecule has 6 nitrogen and oxygen atoms in total. The van der Waals surface area contributed by atoms with E-state index in [0.717, 1.165) is 12.8 Å². The first-order valence-electron chi connectivity index (χ1n) is 4.98. The van der Waals surface area contributed by atoms with E-state index in [1.807, 2.05) is 5.32 Å². The Morgan fingerprint density at radius 1 is 1.47 bits per heavy atom. The zero-order chi connectivity index (χ0) is 10.8. The number of rotatable bonds is 2. The van der Waals surface area contributed by atoms with E-state index in [2.05, 4.69) is 9.97 Å². The monoisotopic (exact) mass is 212 g/mol. The van der Waals surface area contributed by atoms with Crippen molar-refractivity contribution >= 4 is 0 Å². The number of aliphatic hydroxyl groups is 1. The largest absolute Gasteiger partial charge is 0.390 e. The van der Waals surface area contributed by atoms with Gasteiger partial charge in [-0.15, -0.1) is 0 Å². The van der Waals surface area contributed by atoms with Crippen molar-refractivity contribution in [2.45, 2.75) is 24.9 Å². The minimum atomic E-state index is -0.486. The molecular weight excluding hydrogens is 198 g/mol. The van der Waals surface area contributed by atoms with Gasteiger partial charge in [-0.2, -0.15) is 0 Å². The third-order valence-corrected chi connectivity index (χ3v) is 2.83. The summed E-state index contributed by atoms with van der Waals surface area (Å²) in [4.78, 5) is 26.9. The molecule has 1 fully saturated rings. The third-order valence-electron chi connectivity index (χ3n) is 2.83. The molecule has 2 rings (SSSR count). The summed E-state index contributed by atoms with van der Waals surface area (Å²) in [6, 6.07) is 0.212. The van der Waals surface area contributed by atoms with Crippen molar-refractivity contribution in [1.29, 1.82) is 0 Å². The number of H-pyrrole nitrogens is 2. The summed E-state index contributed by atoms with van der Waals surface area (Å²) in [6.45, 7) is 0.123. The number of nitrogens with one attached hydrogen (secondary N) is 2. The lowest BCUT2D eigenvalue weighted by atomic mass is 10.1. The second kappa shape index (κ2) is 4.00. The van der Waals surface area contributed by atoms with Gasteiger partial charge in [-0.25, -0.2) is 4.79 Å². The Hall–Kier alpha value is -1.40. The van der Waals surface area contributed by atoms with E-state index in [-0.39, 0.29) is 24.2 Å². The lowest BCUT2D eigenvalue weighted by molar-refractivity contribution is -0.709. The molecule has 0 amide bonds. The van der Waals surface area contributed by atoms with E-state index >= 15 is 0 Å². The molecule has 15 heavy (non-hydrogen) atoms. The third kappa shape index (κ3) is 2.00. The number of aliphatic hydroxyl groups excluding tert-OH is 1. The van der Waals surface area contributed by atoms with Crippen molar-refractivity contribution in [2.75, 3.05) is 6.61 Å². The highest BCUT2D eigenvalue weighted by Crippen LogP contribution is 2.15. The van der Waals surface area contributed by atoms with Gasteiger partial charge in [0.15, 0.2) is 0 Å². The predicted molar refractivity (Wildman–Crippen MR) is 52.5 cm³/mol. The molecule has 0 spiro atoms. The highest BCUT2D eigenvalue weighted by molar-refractivity contribution is 5.07. The van der Waals surface area contributed by atoms with Crippen LogP contribution in [0.2, 0.25) is 0 Å². The maximum atomic E-state index is 11.5. The van der Waals surface area contributed by atoms with Crippen molar-refractivity contribution in [3.05, 3.63) is 32.6 Å². The van der Waals surface area contributed by atoms with Gasteiger partial charge in [-0.05, 0) is 0 Å². The topological polar surface area (TPSA) is 103 Å². The molecule has 2 atom stereocenters. The van der Waals surface area contributed by atoms with Crippen LogP contribution < -0.4 is 16.6 Å². The van der Waals surface area contributed by atoms with Crippen molar-refractivity contribution < 1.29 is 10.4 Å². The van der Waals surface area contributed by atoms with Gasteiger partial charge in [0, 0.05) is 19.0 Å². The fraction of sp³-hybridized carbons (Fsp3) is 0.556. The van der Waals surface area contributed by atoms with Gasteiger partial charge >= 0.3 is 5.69 Å². The molecule has 82 valence electrons. The van der Waals surface area contributed by atoms with Gasteiger partial charge < -0.3 is 15.4 Å². The van der Waals surface area contributed by atoms with Crippen LogP contribution >= 0.6 is 0 Å². The van der Waals surface area contributed by atoms with Gasteiger partial charge in [-0.3, -0.25) is 9.78 Å². The Kier molecular flexibility index (Phi) is 2.70. The number of aromatic amines is 2. The maximum absolute atomic E-state index is 11.5. The van der Waals surface area contributed by atoms with E-state index in [1.165, 1.54) is 6.20 Å². The van der Waals surface area contributed by atoms with Crippen molar-refractivity contribution in [3.8, 4) is 0 Å². The van der Waals surface area contributed by atoms with Crippen LogP contribution in [-0.2, 0) is 0 Å². The maximum Gasteiger partial charge on any atom is 0.325 e. The van der Waals surface area contributed by atoms with Crippen molar-refractivity contribution in [3.63, 3.8) is 0 Å². The van der Waals surface area contributed by atoms with Crippen LogP contribution in [0.4, 0.5) is 0 Å². The number of hydrogen-bond acceptors (Lipinski definition) is 3. The number of aromatic nitrogens is 2. The van der Waals surface area contributed by atoms with Crippen molar-refractivity contribution in [2.24, 2.45) is 0 Å². The predicted octanol–water partition coefficient (Wildman–Crippen LogP) is -2.18. The molecule has 1 aromatic heterocycles. The van der Waals surface area contributed by atoms with Crippen LogP contribution in [0.3, 0.4) is 0 Å². The second-order valence-corrected chi connectivity index (χ2v) is 3.85. The summed E-state index contributed by atoms with van der Waals surface area (Å²) in [5, 5.41) is 10.9. The summed E-state index contributed by atoms with van der Waals surface area (Å²) in [7, 11) is 0. The number of nitrogens with two attached hydrogens (primary N) is 1. The summed E-state index contributed by atoms with van der Waals surface area (Å²) >= 11 is 0. The van der Waals surface area contributed by atoms with E-state index in [1.54, 1.807) is 0 Å². The molecular formula is C9H14N3O3+. The Morgan fingerprint density at radius 2 is 2.27 bits per heavy atom. The van der Waals surface area contributed by atoms with Crippen LogP contribution in [0, 0.1) is 0 Å². The van der Waals surface area contributed by atoms with Gasteiger partial charge in [0.2, 0.25) is 0 Å². The molecule has 0 unspecified atom stereocenters. The van der Waals surface area contributed by atoms with Crippen LogP contribution in [-0.4, -0.2) is 27.7 Å². The SMILES string of the molecule is O=c1[nH]cc([C@H]2CC[C@@H](CO)[NH2+]2)c(=O)[nH]1. The lowest BCUT2D eigenvalue weighted by Gasteiger charge is -2.07. The van der Waals surface area contributed by atoms with Crippen LogP contribution in [0.25, 0.3) is 0 Å². The lowest BCUT2D eigenvalue weighted by Crippen LogP contribution is -2.88. The quantitative estimate of drug-likeness (QED) is 0.448. The summed E-state index contributed by atoms with van der Waals surface area (Å²) in [5.41, 5.74) is -0.246. The summed E-state index contributed by atoms with van der Waals surface area (Å²) in [5.74, 6) is 0. The average molecular weight is 212 g/mol. The molecule has 0 aromatic carbocycles. The minimum absolute atomic E-state index is 0.0442. The van der Waals surface area contributed by atoms with E-state index in [9.17, 15) is 9.59 Å². The zero-order valence-corrected chi connectivity index (χ0v) is 8.19. The van der Waals surface area contributed by atoms with Crippen LogP contribution in [0.1, 0.15) is 24.4 Å². The van der Waals surface area contributed by atoms with E-state index < -0.39 is 5.69 Å².